The maximum atomic E-state index is 4.77. The number of likely N-dealkylation sites (tertiary alicyclic amines) is 1. The second-order valence-electron chi connectivity index (χ2n) is 6.63. The number of hydrogen-bond donors (Lipinski definition) is 0. The van der Waals surface area contributed by atoms with E-state index in [0.29, 0.717) is 5.92 Å². The fourth-order valence-corrected chi connectivity index (χ4v) is 4.23. The minimum atomic E-state index is 0.607. The largest absolute Gasteiger partial charge is 0.300 e. The van der Waals surface area contributed by atoms with Gasteiger partial charge >= 0.3 is 0 Å². The summed E-state index contributed by atoms with van der Waals surface area (Å²) in [6, 6.07) is 5.07. The zero-order valence-corrected chi connectivity index (χ0v) is 12.8. The van der Waals surface area contributed by atoms with Crippen molar-refractivity contribution in [3.8, 4) is 0 Å². The van der Waals surface area contributed by atoms with Gasteiger partial charge in [-0.3, -0.25) is 4.68 Å². The molecule has 2 aliphatic rings. The molecule has 0 unspecified atom stereocenters. The molecule has 4 rings (SSSR count). The van der Waals surface area contributed by atoms with Gasteiger partial charge in [0, 0.05) is 30.6 Å². The molecule has 3 heterocycles. The van der Waals surface area contributed by atoms with Gasteiger partial charge < -0.3 is 4.90 Å². The number of fused-ring (bicyclic) bond motifs is 1. The first-order valence-electron chi connectivity index (χ1n) is 8.34. The van der Waals surface area contributed by atoms with Crippen LogP contribution in [0.25, 0.3) is 11.0 Å². The van der Waals surface area contributed by atoms with Crippen LogP contribution in [0, 0.1) is 0 Å². The van der Waals surface area contributed by atoms with Gasteiger partial charge in [-0.2, -0.15) is 5.10 Å². The van der Waals surface area contributed by atoms with Gasteiger partial charge in [-0.25, -0.2) is 4.98 Å². The number of aryl methyl sites for hydroxylation is 1. The van der Waals surface area contributed by atoms with Crippen LogP contribution in [-0.4, -0.2) is 38.8 Å². The summed E-state index contributed by atoms with van der Waals surface area (Å²) in [7, 11) is 2.01. The molecule has 1 aliphatic heterocycles. The topological polar surface area (TPSA) is 34.0 Å². The van der Waals surface area contributed by atoms with Crippen molar-refractivity contribution >= 4 is 11.0 Å². The molecule has 2 aromatic heterocycles. The van der Waals surface area contributed by atoms with Crippen LogP contribution in [0.2, 0.25) is 0 Å². The molecule has 2 fully saturated rings. The van der Waals surface area contributed by atoms with Crippen molar-refractivity contribution in [2.24, 2.45) is 7.05 Å². The highest BCUT2D eigenvalue weighted by Crippen LogP contribution is 2.34. The van der Waals surface area contributed by atoms with Crippen LogP contribution in [-0.2, 0) is 7.05 Å². The average molecular weight is 284 g/mol. The first-order chi connectivity index (χ1) is 10.3. The van der Waals surface area contributed by atoms with Gasteiger partial charge in [-0.05, 0) is 50.9 Å². The molecule has 1 saturated carbocycles. The fraction of sp³-hybridized carbons (Fsp3) is 0.647. The van der Waals surface area contributed by atoms with Gasteiger partial charge in [0.15, 0.2) is 5.65 Å². The molecular weight excluding hydrogens is 260 g/mol. The van der Waals surface area contributed by atoms with Crippen LogP contribution >= 0.6 is 0 Å². The van der Waals surface area contributed by atoms with E-state index in [9.17, 15) is 0 Å². The van der Waals surface area contributed by atoms with E-state index in [-0.39, 0.29) is 0 Å². The van der Waals surface area contributed by atoms with Gasteiger partial charge in [-0.15, -0.1) is 0 Å². The smallest absolute Gasteiger partial charge is 0.157 e. The van der Waals surface area contributed by atoms with Crippen molar-refractivity contribution < 1.29 is 0 Å². The third-order valence-electron chi connectivity index (χ3n) is 5.38. The molecule has 0 bridgehead atoms. The Morgan fingerprint density at radius 3 is 2.62 bits per heavy atom. The van der Waals surface area contributed by atoms with E-state index in [1.54, 1.807) is 0 Å². The number of aromatic nitrogens is 3. The Bertz CT molecular complexity index is 619. The fourth-order valence-electron chi connectivity index (χ4n) is 4.23. The van der Waals surface area contributed by atoms with Gasteiger partial charge in [0.1, 0.15) is 0 Å². The Balaban J connectivity index is 1.52. The summed E-state index contributed by atoms with van der Waals surface area (Å²) in [5, 5.41) is 6.02. The Morgan fingerprint density at radius 1 is 1.10 bits per heavy atom. The van der Waals surface area contributed by atoms with Gasteiger partial charge in [0.25, 0.3) is 0 Å². The van der Waals surface area contributed by atoms with Crippen molar-refractivity contribution in [2.75, 3.05) is 13.1 Å². The van der Waals surface area contributed by atoms with Gasteiger partial charge in [0.2, 0.25) is 0 Å². The van der Waals surface area contributed by atoms with Gasteiger partial charge in [0.05, 0.1) is 5.69 Å². The van der Waals surface area contributed by atoms with E-state index in [2.05, 4.69) is 16.0 Å². The summed E-state index contributed by atoms with van der Waals surface area (Å²) in [5.41, 5.74) is 2.29. The Kier molecular flexibility index (Phi) is 3.42. The second-order valence-corrected chi connectivity index (χ2v) is 6.63. The zero-order valence-electron chi connectivity index (χ0n) is 12.8. The standard InChI is InChI=1S/C17H24N4/c1-20-17-15(7-4-10-18-17)16(19-20)13-8-11-21(12-9-13)14-5-2-3-6-14/h4,7,10,13-14H,2-3,5-6,8-9,11-12H2,1H3. The minimum Gasteiger partial charge on any atom is -0.300 e. The highest BCUT2D eigenvalue weighted by Gasteiger charge is 2.29. The van der Waals surface area contributed by atoms with E-state index >= 15 is 0 Å². The molecule has 112 valence electrons. The van der Waals surface area contributed by atoms with Crippen LogP contribution < -0.4 is 0 Å². The molecule has 1 aliphatic carbocycles. The molecule has 4 nitrogen and oxygen atoms in total. The Hall–Kier alpha value is -1.42. The van der Waals surface area contributed by atoms with Crippen molar-refractivity contribution in [2.45, 2.75) is 50.5 Å². The minimum absolute atomic E-state index is 0.607. The maximum absolute atomic E-state index is 4.77. The number of piperidine rings is 1. The highest BCUT2D eigenvalue weighted by molar-refractivity contribution is 5.78. The van der Waals surface area contributed by atoms with Crippen LogP contribution in [0.15, 0.2) is 18.3 Å². The summed E-state index contributed by atoms with van der Waals surface area (Å²) in [6.45, 7) is 2.49. The molecule has 21 heavy (non-hydrogen) atoms. The summed E-state index contributed by atoms with van der Waals surface area (Å²) >= 11 is 0. The molecule has 0 atom stereocenters. The first-order valence-corrected chi connectivity index (χ1v) is 8.34. The molecule has 1 saturated heterocycles. The summed E-state index contributed by atoms with van der Waals surface area (Å²) < 4.78 is 1.94. The number of hydrogen-bond acceptors (Lipinski definition) is 3. The first kappa shape index (κ1) is 13.3. The number of rotatable bonds is 2. The molecular formula is C17H24N4. The molecule has 0 spiro atoms. The normalized spacial score (nSPS) is 22.3. The molecule has 0 aromatic carbocycles. The van der Waals surface area contributed by atoms with Crippen molar-refractivity contribution in [1.82, 2.24) is 19.7 Å². The second kappa shape index (κ2) is 5.41. The molecule has 0 radical (unpaired) electrons. The Morgan fingerprint density at radius 2 is 1.86 bits per heavy atom. The quantitative estimate of drug-likeness (QED) is 0.850. The lowest BCUT2D eigenvalue weighted by Gasteiger charge is -2.35. The predicted octanol–water partition coefficient (Wildman–Crippen LogP) is 3.09. The molecule has 0 N–H and O–H groups in total. The number of pyridine rings is 1. The van der Waals surface area contributed by atoms with Crippen molar-refractivity contribution in [3.63, 3.8) is 0 Å². The lowest BCUT2D eigenvalue weighted by atomic mass is 9.91. The summed E-state index contributed by atoms with van der Waals surface area (Å²) in [4.78, 5) is 7.19. The highest BCUT2D eigenvalue weighted by atomic mass is 15.3. The van der Waals surface area contributed by atoms with Crippen molar-refractivity contribution in [1.29, 1.82) is 0 Å². The van der Waals surface area contributed by atoms with Crippen molar-refractivity contribution in [3.05, 3.63) is 24.0 Å². The van der Waals surface area contributed by atoms with Gasteiger partial charge in [-0.1, -0.05) is 12.8 Å². The molecule has 2 aromatic rings. The van der Waals surface area contributed by atoms with E-state index in [4.69, 9.17) is 5.10 Å². The third-order valence-corrected chi connectivity index (χ3v) is 5.38. The van der Waals surface area contributed by atoms with E-state index in [0.717, 1.165) is 11.7 Å². The van der Waals surface area contributed by atoms with E-state index in [1.165, 1.54) is 62.7 Å². The van der Waals surface area contributed by atoms with E-state index < -0.39 is 0 Å². The number of nitrogens with zero attached hydrogens (tertiary/aromatic N) is 4. The van der Waals surface area contributed by atoms with E-state index in [1.807, 2.05) is 24.0 Å². The van der Waals surface area contributed by atoms with Crippen LogP contribution in [0.1, 0.15) is 50.1 Å². The third kappa shape index (κ3) is 2.35. The average Bonchev–Trinajstić information content (AvgIpc) is 3.17. The van der Waals surface area contributed by atoms with Crippen LogP contribution in [0.3, 0.4) is 0 Å². The lowest BCUT2D eigenvalue weighted by molar-refractivity contribution is 0.153. The zero-order chi connectivity index (χ0) is 14.2. The van der Waals surface area contributed by atoms with Crippen LogP contribution in [0.4, 0.5) is 0 Å². The Labute approximate surface area is 126 Å². The predicted molar refractivity (Wildman–Crippen MR) is 84.3 cm³/mol. The monoisotopic (exact) mass is 284 g/mol. The summed E-state index contributed by atoms with van der Waals surface area (Å²) in [6.07, 6.45) is 10.1. The lowest BCUT2D eigenvalue weighted by Crippen LogP contribution is -2.39. The van der Waals surface area contributed by atoms with Crippen LogP contribution in [0.5, 0.6) is 0 Å². The maximum Gasteiger partial charge on any atom is 0.157 e. The molecule has 0 amide bonds. The SMILES string of the molecule is Cn1nc(C2CCN(C3CCCC3)CC2)c2cccnc21. The summed E-state index contributed by atoms with van der Waals surface area (Å²) in [5.74, 6) is 0.607. The molecule has 4 heteroatoms.